The van der Waals surface area contributed by atoms with Crippen molar-refractivity contribution in [2.75, 3.05) is 32.1 Å². The first-order valence-electron chi connectivity index (χ1n) is 9.41. The topological polar surface area (TPSA) is 60.9 Å². The summed E-state index contributed by atoms with van der Waals surface area (Å²) in [5.41, 5.74) is 2.81. The first-order valence-corrected chi connectivity index (χ1v) is 10.8. The number of aryl methyl sites for hydroxylation is 1. The van der Waals surface area contributed by atoms with Crippen molar-refractivity contribution in [2.45, 2.75) is 31.3 Å². The van der Waals surface area contributed by atoms with E-state index in [1.165, 1.54) is 4.31 Å². The summed E-state index contributed by atoms with van der Waals surface area (Å²) < 4.78 is 28.1. The van der Waals surface area contributed by atoms with Gasteiger partial charge in [0.05, 0.1) is 4.90 Å². The number of nitrogens with zero attached hydrogens (tertiary/aromatic N) is 3. The number of rotatable bonds is 5. The second-order valence-corrected chi connectivity index (χ2v) is 9.12. The molecule has 28 heavy (non-hydrogen) atoms. The Kier molecular flexibility index (Phi) is 5.76. The van der Waals surface area contributed by atoms with Gasteiger partial charge in [-0.1, -0.05) is 36.8 Å². The van der Waals surface area contributed by atoms with Gasteiger partial charge in [-0.15, -0.1) is 0 Å². The van der Waals surface area contributed by atoms with Crippen LogP contribution in [-0.2, 0) is 14.8 Å². The fourth-order valence-corrected chi connectivity index (χ4v) is 5.03. The molecular weight excluding hydrogens is 374 g/mol. The standard InChI is InChI=1S/C21H27N3O3S/c1-5-20(25)23-14-15-24(28(26,27)19-12-6-16(2)7-13-19)21(23)17-8-10-18(11-9-17)22(3)4/h6-13,21H,5,14-15H2,1-4H3. The van der Waals surface area contributed by atoms with E-state index in [4.69, 9.17) is 0 Å². The SMILES string of the molecule is CCC(=O)N1CCN(S(=O)(=O)c2ccc(C)cc2)C1c1ccc(N(C)C)cc1. The number of benzene rings is 2. The summed E-state index contributed by atoms with van der Waals surface area (Å²) in [6.45, 7) is 4.38. The van der Waals surface area contributed by atoms with Gasteiger partial charge in [0.15, 0.2) is 0 Å². The molecule has 1 saturated heterocycles. The number of amides is 1. The predicted octanol–water partition coefficient (Wildman–Crippen LogP) is 3.00. The molecule has 1 aliphatic heterocycles. The zero-order valence-corrected chi connectivity index (χ0v) is 17.6. The molecule has 0 bridgehead atoms. The number of carbonyl (C=O) groups is 1. The van der Waals surface area contributed by atoms with Crippen molar-refractivity contribution < 1.29 is 13.2 Å². The Labute approximate surface area is 167 Å². The molecule has 3 rings (SSSR count). The zero-order chi connectivity index (χ0) is 20.5. The highest BCUT2D eigenvalue weighted by molar-refractivity contribution is 7.89. The Balaban J connectivity index is 2.03. The fraction of sp³-hybridized carbons (Fsp3) is 0.381. The summed E-state index contributed by atoms with van der Waals surface area (Å²) >= 11 is 0. The number of hydrogen-bond donors (Lipinski definition) is 0. The number of anilines is 1. The highest BCUT2D eigenvalue weighted by Gasteiger charge is 2.42. The molecule has 150 valence electrons. The van der Waals surface area contributed by atoms with Gasteiger partial charge in [-0.2, -0.15) is 4.31 Å². The molecule has 2 aromatic carbocycles. The Morgan fingerprint density at radius 1 is 1.04 bits per heavy atom. The van der Waals surface area contributed by atoms with E-state index >= 15 is 0 Å². The van der Waals surface area contributed by atoms with Crippen LogP contribution < -0.4 is 4.90 Å². The van der Waals surface area contributed by atoms with Crippen LogP contribution in [-0.4, -0.2) is 50.7 Å². The summed E-state index contributed by atoms with van der Waals surface area (Å²) in [4.78, 5) is 16.4. The quantitative estimate of drug-likeness (QED) is 0.773. The Bertz CT molecular complexity index is 938. The molecule has 1 amide bonds. The third-order valence-electron chi connectivity index (χ3n) is 5.09. The van der Waals surface area contributed by atoms with Crippen LogP contribution in [0.25, 0.3) is 0 Å². The van der Waals surface area contributed by atoms with Crippen LogP contribution in [0.4, 0.5) is 5.69 Å². The Morgan fingerprint density at radius 3 is 2.18 bits per heavy atom. The number of sulfonamides is 1. The van der Waals surface area contributed by atoms with Gasteiger partial charge in [0.2, 0.25) is 15.9 Å². The summed E-state index contributed by atoms with van der Waals surface area (Å²) in [5, 5.41) is 0. The summed E-state index contributed by atoms with van der Waals surface area (Å²) in [5.74, 6) is -0.0525. The van der Waals surface area contributed by atoms with Crippen molar-refractivity contribution in [3.8, 4) is 0 Å². The van der Waals surface area contributed by atoms with Crippen LogP contribution in [0.3, 0.4) is 0 Å². The van der Waals surface area contributed by atoms with E-state index in [1.54, 1.807) is 36.1 Å². The molecule has 1 aliphatic rings. The lowest BCUT2D eigenvalue weighted by atomic mass is 10.1. The third-order valence-corrected chi connectivity index (χ3v) is 6.95. The van der Waals surface area contributed by atoms with E-state index in [9.17, 15) is 13.2 Å². The third kappa shape index (κ3) is 3.77. The highest BCUT2D eigenvalue weighted by atomic mass is 32.2. The minimum Gasteiger partial charge on any atom is -0.378 e. The lowest BCUT2D eigenvalue weighted by Gasteiger charge is -2.30. The molecule has 0 spiro atoms. The molecule has 0 aliphatic carbocycles. The van der Waals surface area contributed by atoms with E-state index < -0.39 is 16.2 Å². The maximum Gasteiger partial charge on any atom is 0.245 e. The lowest BCUT2D eigenvalue weighted by molar-refractivity contribution is -0.132. The molecule has 2 aromatic rings. The molecule has 0 aromatic heterocycles. The predicted molar refractivity (Wildman–Crippen MR) is 111 cm³/mol. The highest BCUT2D eigenvalue weighted by Crippen LogP contribution is 2.36. The second kappa shape index (κ2) is 7.93. The first kappa shape index (κ1) is 20.4. The van der Waals surface area contributed by atoms with E-state index in [1.807, 2.05) is 50.2 Å². The van der Waals surface area contributed by atoms with Gasteiger partial charge in [-0.05, 0) is 36.8 Å². The maximum absolute atomic E-state index is 13.3. The summed E-state index contributed by atoms with van der Waals surface area (Å²) in [6.07, 6.45) is -0.292. The van der Waals surface area contributed by atoms with Gasteiger partial charge in [-0.25, -0.2) is 8.42 Å². The Morgan fingerprint density at radius 2 is 1.64 bits per heavy atom. The minimum atomic E-state index is -3.72. The first-order chi connectivity index (χ1) is 13.3. The second-order valence-electron chi connectivity index (χ2n) is 7.23. The van der Waals surface area contributed by atoms with Crippen molar-refractivity contribution in [2.24, 2.45) is 0 Å². The summed E-state index contributed by atoms with van der Waals surface area (Å²) in [6, 6.07) is 14.5. The minimum absolute atomic E-state index is 0.0525. The van der Waals surface area contributed by atoms with Crippen molar-refractivity contribution in [3.05, 3.63) is 59.7 Å². The molecule has 1 unspecified atom stereocenters. The van der Waals surface area contributed by atoms with Crippen LogP contribution in [0, 0.1) is 6.92 Å². The zero-order valence-electron chi connectivity index (χ0n) is 16.8. The van der Waals surface area contributed by atoms with Gasteiger partial charge in [0, 0.05) is 39.3 Å². The largest absolute Gasteiger partial charge is 0.378 e. The molecule has 0 saturated carbocycles. The van der Waals surface area contributed by atoms with Crippen LogP contribution in [0.15, 0.2) is 53.4 Å². The maximum atomic E-state index is 13.3. The smallest absolute Gasteiger partial charge is 0.245 e. The van der Waals surface area contributed by atoms with E-state index in [0.29, 0.717) is 13.0 Å². The molecule has 1 heterocycles. The number of hydrogen-bond acceptors (Lipinski definition) is 4. The van der Waals surface area contributed by atoms with Gasteiger partial charge < -0.3 is 9.80 Å². The summed E-state index contributed by atoms with van der Waals surface area (Å²) in [7, 11) is 0.175. The molecular formula is C21H27N3O3S. The lowest BCUT2D eigenvalue weighted by Crippen LogP contribution is -2.37. The van der Waals surface area contributed by atoms with E-state index in [0.717, 1.165) is 16.8 Å². The van der Waals surface area contributed by atoms with E-state index in [-0.39, 0.29) is 17.3 Å². The molecule has 0 N–H and O–H groups in total. The Hall–Kier alpha value is -2.38. The van der Waals surface area contributed by atoms with Gasteiger partial charge >= 0.3 is 0 Å². The monoisotopic (exact) mass is 401 g/mol. The normalized spacial score (nSPS) is 17.7. The van der Waals surface area contributed by atoms with Crippen molar-refractivity contribution >= 4 is 21.6 Å². The van der Waals surface area contributed by atoms with Crippen molar-refractivity contribution in [1.29, 1.82) is 0 Å². The molecule has 0 radical (unpaired) electrons. The molecule has 7 heteroatoms. The van der Waals surface area contributed by atoms with Crippen LogP contribution in [0.5, 0.6) is 0 Å². The molecule has 1 fully saturated rings. The van der Waals surface area contributed by atoms with Gasteiger partial charge in [-0.3, -0.25) is 4.79 Å². The van der Waals surface area contributed by atoms with Crippen molar-refractivity contribution in [1.82, 2.24) is 9.21 Å². The van der Waals surface area contributed by atoms with Crippen LogP contribution in [0.2, 0.25) is 0 Å². The average Bonchev–Trinajstić information content (AvgIpc) is 3.13. The van der Waals surface area contributed by atoms with Gasteiger partial charge in [0.1, 0.15) is 6.17 Å². The van der Waals surface area contributed by atoms with Crippen LogP contribution in [0.1, 0.15) is 30.6 Å². The average molecular weight is 402 g/mol. The molecule has 6 nitrogen and oxygen atoms in total. The fourth-order valence-electron chi connectivity index (χ4n) is 3.46. The van der Waals surface area contributed by atoms with Gasteiger partial charge in [0.25, 0.3) is 0 Å². The number of carbonyl (C=O) groups excluding carboxylic acids is 1. The van der Waals surface area contributed by atoms with Crippen molar-refractivity contribution in [3.63, 3.8) is 0 Å². The van der Waals surface area contributed by atoms with Crippen LogP contribution >= 0.6 is 0 Å². The molecule has 1 atom stereocenters. The van der Waals surface area contributed by atoms with E-state index in [2.05, 4.69) is 0 Å².